The summed E-state index contributed by atoms with van der Waals surface area (Å²) >= 11 is 0. The zero-order valence-corrected chi connectivity index (χ0v) is 9.99. The number of hydrogen-bond acceptors (Lipinski definition) is 3. The molecule has 0 amide bonds. The zero-order valence-electron chi connectivity index (χ0n) is 9.99. The van der Waals surface area contributed by atoms with Gasteiger partial charge in [-0.2, -0.15) is 0 Å². The third kappa shape index (κ3) is 14.9. The Morgan fingerprint density at radius 2 is 1.88 bits per heavy atom. The van der Waals surface area contributed by atoms with E-state index in [9.17, 15) is 9.59 Å². The van der Waals surface area contributed by atoms with E-state index in [1.54, 1.807) is 0 Å². The number of hydrogen-bond donors (Lipinski definition) is 1. The average molecular weight is 228 g/mol. The van der Waals surface area contributed by atoms with Crippen LogP contribution < -0.4 is 0 Å². The first-order chi connectivity index (χ1) is 7.45. The van der Waals surface area contributed by atoms with Crippen LogP contribution in [0.15, 0.2) is 24.8 Å². The van der Waals surface area contributed by atoms with Gasteiger partial charge in [-0.25, -0.2) is 9.59 Å². The van der Waals surface area contributed by atoms with E-state index in [0.29, 0.717) is 6.61 Å². The smallest absolute Gasteiger partial charge is 0.330 e. The predicted molar refractivity (Wildman–Crippen MR) is 63.1 cm³/mol. The molecule has 0 bridgehead atoms. The standard InChI is InChI=1S/C8H14O2.C4H6O2/c1-3-5-6-7-10-8(9)4-2;1-3(2)4(5)6/h4H,2-3,5-7H2,1H3;1H2,2H3,(H,5,6). The highest BCUT2D eigenvalue weighted by Crippen LogP contribution is 1.94. The monoisotopic (exact) mass is 228 g/mol. The second kappa shape index (κ2) is 11.5. The average Bonchev–Trinajstić information content (AvgIpc) is 2.24. The van der Waals surface area contributed by atoms with E-state index in [4.69, 9.17) is 9.84 Å². The molecule has 0 aromatic carbocycles. The quantitative estimate of drug-likeness (QED) is 0.431. The summed E-state index contributed by atoms with van der Waals surface area (Å²) in [5.41, 5.74) is 0.176. The third-order valence-corrected chi connectivity index (χ3v) is 1.52. The topological polar surface area (TPSA) is 63.6 Å². The highest BCUT2D eigenvalue weighted by molar-refractivity contribution is 5.84. The van der Waals surface area contributed by atoms with Crippen LogP contribution in [-0.2, 0) is 14.3 Å². The summed E-state index contributed by atoms with van der Waals surface area (Å²) in [4.78, 5) is 20.0. The van der Waals surface area contributed by atoms with E-state index in [-0.39, 0.29) is 11.5 Å². The van der Waals surface area contributed by atoms with Gasteiger partial charge in [0.2, 0.25) is 0 Å². The molecule has 4 nitrogen and oxygen atoms in total. The number of carboxylic acids is 1. The fourth-order valence-corrected chi connectivity index (χ4v) is 0.584. The van der Waals surface area contributed by atoms with Crippen LogP contribution in [0.2, 0.25) is 0 Å². The van der Waals surface area contributed by atoms with E-state index < -0.39 is 5.97 Å². The molecular weight excluding hydrogens is 208 g/mol. The number of aliphatic carboxylic acids is 1. The predicted octanol–water partition coefficient (Wildman–Crippen LogP) is 2.55. The second-order valence-electron chi connectivity index (χ2n) is 3.16. The van der Waals surface area contributed by atoms with E-state index in [0.717, 1.165) is 19.3 Å². The summed E-state index contributed by atoms with van der Waals surface area (Å²) in [5.74, 6) is -1.26. The molecule has 0 aromatic rings. The van der Waals surface area contributed by atoms with Crippen LogP contribution in [-0.4, -0.2) is 23.7 Å². The van der Waals surface area contributed by atoms with Crippen molar-refractivity contribution in [3.63, 3.8) is 0 Å². The van der Waals surface area contributed by atoms with Gasteiger partial charge in [0.15, 0.2) is 0 Å². The van der Waals surface area contributed by atoms with E-state index in [1.807, 2.05) is 0 Å². The van der Waals surface area contributed by atoms with E-state index in [2.05, 4.69) is 20.1 Å². The van der Waals surface area contributed by atoms with E-state index >= 15 is 0 Å². The zero-order chi connectivity index (χ0) is 13.0. The van der Waals surface area contributed by atoms with Crippen molar-refractivity contribution in [3.8, 4) is 0 Å². The first kappa shape index (κ1) is 16.8. The van der Waals surface area contributed by atoms with Gasteiger partial charge in [-0.1, -0.05) is 32.9 Å². The van der Waals surface area contributed by atoms with Gasteiger partial charge in [-0.3, -0.25) is 0 Å². The molecule has 16 heavy (non-hydrogen) atoms. The molecular formula is C12H20O4. The summed E-state index contributed by atoms with van der Waals surface area (Å²) in [5, 5.41) is 7.89. The lowest BCUT2D eigenvalue weighted by Crippen LogP contribution is -2.01. The van der Waals surface area contributed by atoms with Crippen molar-refractivity contribution in [2.45, 2.75) is 33.1 Å². The number of unbranched alkanes of at least 4 members (excludes halogenated alkanes) is 2. The van der Waals surface area contributed by atoms with Gasteiger partial charge in [-0.05, 0) is 13.3 Å². The van der Waals surface area contributed by atoms with Gasteiger partial charge in [0.05, 0.1) is 6.61 Å². The molecule has 0 rings (SSSR count). The van der Waals surface area contributed by atoms with Gasteiger partial charge in [0.25, 0.3) is 0 Å². The maximum Gasteiger partial charge on any atom is 0.330 e. The summed E-state index contributed by atoms with van der Waals surface area (Å²) in [7, 11) is 0. The molecule has 0 fully saturated rings. The molecule has 0 aliphatic heterocycles. The third-order valence-electron chi connectivity index (χ3n) is 1.52. The number of carbonyl (C=O) groups excluding carboxylic acids is 1. The van der Waals surface area contributed by atoms with Gasteiger partial charge < -0.3 is 9.84 Å². The Balaban J connectivity index is 0. The van der Waals surface area contributed by atoms with Crippen molar-refractivity contribution in [3.05, 3.63) is 24.8 Å². The van der Waals surface area contributed by atoms with Crippen molar-refractivity contribution in [2.75, 3.05) is 6.61 Å². The first-order valence-corrected chi connectivity index (χ1v) is 5.13. The van der Waals surface area contributed by atoms with Crippen LogP contribution in [0.25, 0.3) is 0 Å². The minimum absolute atomic E-state index is 0.176. The molecule has 0 radical (unpaired) electrons. The molecule has 0 saturated carbocycles. The molecule has 4 heteroatoms. The number of ether oxygens (including phenoxy) is 1. The van der Waals surface area contributed by atoms with Crippen LogP contribution in [0.4, 0.5) is 0 Å². The lowest BCUT2D eigenvalue weighted by atomic mass is 10.3. The lowest BCUT2D eigenvalue weighted by Gasteiger charge is -1.98. The van der Waals surface area contributed by atoms with Crippen molar-refractivity contribution in [2.24, 2.45) is 0 Å². The molecule has 0 heterocycles. The Bertz CT molecular complexity index is 231. The number of carbonyl (C=O) groups is 2. The molecule has 0 aromatic heterocycles. The number of rotatable bonds is 6. The first-order valence-electron chi connectivity index (χ1n) is 5.13. The van der Waals surface area contributed by atoms with Crippen molar-refractivity contribution < 1.29 is 19.4 Å². The van der Waals surface area contributed by atoms with E-state index in [1.165, 1.54) is 13.0 Å². The Morgan fingerprint density at radius 1 is 1.38 bits per heavy atom. The number of carboxylic acid groups (broad SMARTS) is 1. The Kier molecular flexibility index (Phi) is 12.1. The SMILES string of the molecule is C=C(C)C(=O)O.C=CC(=O)OCCCCC. The molecule has 0 aliphatic carbocycles. The van der Waals surface area contributed by atoms with Crippen LogP contribution in [0.1, 0.15) is 33.1 Å². The van der Waals surface area contributed by atoms with Crippen LogP contribution in [0, 0.1) is 0 Å². The molecule has 0 unspecified atom stereocenters. The maximum absolute atomic E-state index is 10.4. The highest BCUT2D eigenvalue weighted by Gasteiger charge is 1.92. The molecule has 0 saturated heterocycles. The Morgan fingerprint density at radius 3 is 2.19 bits per heavy atom. The normalized spacial score (nSPS) is 8.38. The lowest BCUT2D eigenvalue weighted by molar-refractivity contribution is -0.138. The van der Waals surface area contributed by atoms with Crippen molar-refractivity contribution in [1.29, 1.82) is 0 Å². The van der Waals surface area contributed by atoms with Crippen LogP contribution >= 0.6 is 0 Å². The van der Waals surface area contributed by atoms with Gasteiger partial charge in [-0.15, -0.1) is 0 Å². The van der Waals surface area contributed by atoms with Gasteiger partial charge in [0, 0.05) is 11.6 Å². The van der Waals surface area contributed by atoms with Crippen LogP contribution in [0.3, 0.4) is 0 Å². The summed E-state index contributed by atoms with van der Waals surface area (Å²) in [6.07, 6.45) is 4.40. The summed E-state index contributed by atoms with van der Waals surface area (Å²) in [6, 6.07) is 0. The minimum atomic E-state index is -0.935. The summed E-state index contributed by atoms with van der Waals surface area (Å²) < 4.78 is 4.74. The maximum atomic E-state index is 10.4. The largest absolute Gasteiger partial charge is 0.478 e. The fraction of sp³-hybridized carbons (Fsp3) is 0.500. The molecule has 92 valence electrons. The molecule has 0 aliphatic rings. The van der Waals surface area contributed by atoms with Gasteiger partial charge in [0.1, 0.15) is 0 Å². The van der Waals surface area contributed by atoms with Crippen molar-refractivity contribution in [1.82, 2.24) is 0 Å². The van der Waals surface area contributed by atoms with Crippen molar-refractivity contribution >= 4 is 11.9 Å². The second-order valence-corrected chi connectivity index (χ2v) is 3.16. The Hall–Kier alpha value is -1.58. The molecule has 0 spiro atoms. The number of esters is 1. The molecule has 0 atom stereocenters. The minimum Gasteiger partial charge on any atom is -0.478 e. The molecule has 1 N–H and O–H groups in total. The van der Waals surface area contributed by atoms with Gasteiger partial charge >= 0.3 is 11.9 Å². The van der Waals surface area contributed by atoms with Crippen LogP contribution in [0.5, 0.6) is 0 Å². The summed E-state index contributed by atoms with van der Waals surface area (Å²) in [6.45, 7) is 10.5. The Labute approximate surface area is 96.6 Å². The fourth-order valence-electron chi connectivity index (χ4n) is 0.584. The highest BCUT2D eigenvalue weighted by atomic mass is 16.5.